The van der Waals surface area contributed by atoms with Crippen molar-refractivity contribution in [2.75, 3.05) is 0 Å². The number of carbonyl (C=O) groups excluding carboxylic acids is 1. The molecule has 1 aliphatic heterocycles. The van der Waals surface area contributed by atoms with E-state index in [1.807, 2.05) is 12.1 Å². The number of aryl methyl sites for hydroxylation is 1. The summed E-state index contributed by atoms with van der Waals surface area (Å²) >= 11 is 0. The summed E-state index contributed by atoms with van der Waals surface area (Å²) in [5.74, 6) is 0.206. The van der Waals surface area contributed by atoms with Gasteiger partial charge in [-0.3, -0.25) is 4.79 Å². The molecule has 1 fully saturated rings. The van der Waals surface area contributed by atoms with Gasteiger partial charge in [-0.2, -0.15) is 0 Å². The highest BCUT2D eigenvalue weighted by molar-refractivity contribution is 5.80. The molecule has 4 heteroatoms. The molecule has 0 radical (unpaired) electrons. The smallest absolute Gasteiger partial charge is 0.225 e. The van der Waals surface area contributed by atoms with Gasteiger partial charge >= 0.3 is 0 Å². The van der Waals surface area contributed by atoms with Gasteiger partial charge in [0.2, 0.25) is 5.91 Å². The van der Waals surface area contributed by atoms with Crippen molar-refractivity contribution in [3.05, 3.63) is 70.8 Å². The van der Waals surface area contributed by atoms with Crippen molar-refractivity contribution < 1.29 is 4.79 Å². The lowest BCUT2D eigenvalue weighted by Crippen LogP contribution is -2.46. The molecule has 1 saturated heterocycles. The predicted octanol–water partition coefficient (Wildman–Crippen LogP) is 2.39. The molecular formula is C20H23N3O. The van der Waals surface area contributed by atoms with Crippen molar-refractivity contribution in [3.8, 4) is 0 Å². The van der Waals surface area contributed by atoms with Crippen molar-refractivity contribution in [1.29, 1.82) is 0 Å². The maximum Gasteiger partial charge on any atom is 0.225 e. The summed E-state index contributed by atoms with van der Waals surface area (Å²) in [4.78, 5) is 12.6. The second kappa shape index (κ2) is 6.38. The van der Waals surface area contributed by atoms with Gasteiger partial charge in [0.25, 0.3) is 0 Å². The summed E-state index contributed by atoms with van der Waals surface area (Å²) in [5.41, 5.74) is 11.6. The van der Waals surface area contributed by atoms with Crippen LogP contribution in [0.25, 0.3) is 0 Å². The molecule has 0 saturated carbocycles. The van der Waals surface area contributed by atoms with E-state index in [1.54, 1.807) is 0 Å². The van der Waals surface area contributed by atoms with Crippen molar-refractivity contribution in [3.63, 3.8) is 0 Å². The molecule has 2 aromatic carbocycles. The first kappa shape index (κ1) is 15.4. The lowest BCUT2D eigenvalue weighted by Gasteiger charge is -2.15. The Morgan fingerprint density at radius 2 is 1.67 bits per heavy atom. The van der Waals surface area contributed by atoms with Gasteiger partial charge in [-0.1, -0.05) is 54.1 Å². The fourth-order valence-corrected chi connectivity index (χ4v) is 3.70. The quantitative estimate of drug-likeness (QED) is 0.814. The van der Waals surface area contributed by atoms with Crippen LogP contribution in [0.5, 0.6) is 0 Å². The monoisotopic (exact) mass is 321 g/mol. The van der Waals surface area contributed by atoms with Gasteiger partial charge in [0.15, 0.2) is 0 Å². The van der Waals surface area contributed by atoms with Gasteiger partial charge < -0.3 is 5.32 Å². The molecule has 2 aromatic rings. The molecule has 2 atom stereocenters. The van der Waals surface area contributed by atoms with E-state index in [9.17, 15) is 4.79 Å². The Kier molecular flexibility index (Phi) is 4.08. The van der Waals surface area contributed by atoms with Gasteiger partial charge in [0.05, 0.1) is 6.17 Å². The summed E-state index contributed by atoms with van der Waals surface area (Å²) in [6.07, 6.45) is 2.54. The molecular weight excluding hydrogens is 298 g/mol. The van der Waals surface area contributed by atoms with Crippen LogP contribution in [0.1, 0.15) is 34.7 Å². The Hall–Kier alpha value is -2.17. The summed E-state index contributed by atoms with van der Waals surface area (Å²) in [6.45, 7) is 2.09. The largest absolute Gasteiger partial charge is 0.339 e. The maximum absolute atomic E-state index is 12.6. The Morgan fingerprint density at radius 1 is 1.00 bits per heavy atom. The molecule has 4 rings (SSSR count). The van der Waals surface area contributed by atoms with E-state index in [-0.39, 0.29) is 24.0 Å². The zero-order valence-corrected chi connectivity index (χ0v) is 13.9. The lowest BCUT2D eigenvalue weighted by atomic mass is 10.0. The average Bonchev–Trinajstić information content (AvgIpc) is 3.22. The zero-order valence-electron chi connectivity index (χ0n) is 13.9. The average molecular weight is 321 g/mol. The van der Waals surface area contributed by atoms with Crippen LogP contribution in [0.15, 0.2) is 48.5 Å². The molecule has 124 valence electrons. The molecule has 2 aliphatic rings. The minimum Gasteiger partial charge on any atom is -0.339 e. The van der Waals surface area contributed by atoms with Gasteiger partial charge in [0, 0.05) is 18.4 Å². The van der Waals surface area contributed by atoms with Gasteiger partial charge in [-0.05, 0) is 36.5 Å². The van der Waals surface area contributed by atoms with Crippen LogP contribution in [-0.2, 0) is 17.6 Å². The summed E-state index contributed by atoms with van der Waals surface area (Å²) in [6, 6.07) is 17.1. The summed E-state index contributed by atoms with van der Waals surface area (Å²) < 4.78 is 0. The van der Waals surface area contributed by atoms with Crippen molar-refractivity contribution in [2.45, 2.75) is 38.4 Å². The number of benzene rings is 2. The third-order valence-corrected chi connectivity index (χ3v) is 5.12. The second-order valence-electron chi connectivity index (χ2n) is 6.92. The normalized spacial score (nSPS) is 23.2. The first-order valence-corrected chi connectivity index (χ1v) is 8.64. The lowest BCUT2D eigenvalue weighted by molar-refractivity contribution is -0.125. The van der Waals surface area contributed by atoms with Crippen LogP contribution in [-0.4, -0.2) is 12.1 Å². The van der Waals surface area contributed by atoms with E-state index in [1.165, 1.54) is 22.3 Å². The highest BCUT2D eigenvalue weighted by atomic mass is 16.2. The highest BCUT2D eigenvalue weighted by Crippen LogP contribution is 2.27. The highest BCUT2D eigenvalue weighted by Gasteiger charge is 2.31. The summed E-state index contributed by atoms with van der Waals surface area (Å²) in [7, 11) is 0. The number of carbonyl (C=O) groups is 1. The van der Waals surface area contributed by atoms with Crippen molar-refractivity contribution in [1.82, 2.24) is 16.2 Å². The number of rotatable bonds is 3. The number of hydrogen-bond donors (Lipinski definition) is 3. The number of hydrazine groups is 1. The van der Waals surface area contributed by atoms with E-state index >= 15 is 0 Å². The van der Waals surface area contributed by atoms with E-state index in [0.29, 0.717) is 0 Å². The second-order valence-corrected chi connectivity index (χ2v) is 6.92. The van der Waals surface area contributed by atoms with Crippen LogP contribution >= 0.6 is 0 Å². The van der Waals surface area contributed by atoms with Gasteiger partial charge in [-0.25, -0.2) is 10.9 Å². The van der Waals surface area contributed by atoms with E-state index in [0.717, 1.165) is 19.3 Å². The first-order valence-electron chi connectivity index (χ1n) is 8.64. The van der Waals surface area contributed by atoms with Crippen LogP contribution in [0.2, 0.25) is 0 Å². The first-order chi connectivity index (χ1) is 11.7. The Bertz CT molecular complexity index is 716. The van der Waals surface area contributed by atoms with Crippen molar-refractivity contribution in [2.24, 2.45) is 5.92 Å². The Labute approximate surface area is 142 Å². The molecule has 0 bridgehead atoms. The van der Waals surface area contributed by atoms with Gasteiger partial charge in [0.1, 0.15) is 0 Å². The predicted molar refractivity (Wildman–Crippen MR) is 94.1 cm³/mol. The Balaban J connectivity index is 1.34. The minimum absolute atomic E-state index is 0.0208. The maximum atomic E-state index is 12.6. The third kappa shape index (κ3) is 3.07. The molecule has 0 aromatic heterocycles. The molecule has 1 amide bonds. The van der Waals surface area contributed by atoms with Crippen LogP contribution in [0.4, 0.5) is 0 Å². The Morgan fingerprint density at radius 3 is 2.33 bits per heavy atom. The molecule has 1 heterocycles. The zero-order chi connectivity index (χ0) is 16.5. The van der Waals surface area contributed by atoms with E-state index < -0.39 is 0 Å². The minimum atomic E-state index is -0.0208. The SMILES string of the molecule is Cc1ccc(C2CC(NC(=O)C3Cc4ccccc4C3)NN2)cc1. The number of fused-ring (bicyclic) bond motifs is 1. The van der Waals surface area contributed by atoms with E-state index in [2.05, 4.69) is 59.5 Å². The standard InChI is InChI=1S/C20H23N3O/c1-13-6-8-14(9-7-13)18-12-19(23-22-18)21-20(24)17-10-15-4-2-3-5-16(15)11-17/h2-9,17-19,22-23H,10-12H2,1H3,(H,21,24). The number of hydrogen-bond acceptors (Lipinski definition) is 3. The van der Waals surface area contributed by atoms with Crippen molar-refractivity contribution >= 4 is 5.91 Å². The molecule has 0 spiro atoms. The third-order valence-electron chi connectivity index (χ3n) is 5.12. The number of amides is 1. The molecule has 1 aliphatic carbocycles. The molecule has 24 heavy (non-hydrogen) atoms. The number of nitrogens with one attached hydrogen (secondary N) is 3. The summed E-state index contributed by atoms with van der Waals surface area (Å²) in [5, 5.41) is 3.15. The van der Waals surface area contributed by atoms with Crippen LogP contribution in [0.3, 0.4) is 0 Å². The van der Waals surface area contributed by atoms with Crippen LogP contribution < -0.4 is 16.2 Å². The fraction of sp³-hybridized carbons (Fsp3) is 0.350. The molecule has 3 N–H and O–H groups in total. The van der Waals surface area contributed by atoms with Gasteiger partial charge in [-0.15, -0.1) is 0 Å². The van der Waals surface area contributed by atoms with Crippen LogP contribution in [0, 0.1) is 12.8 Å². The molecule has 2 unspecified atom stereocenters. The topological polar surface area (TPSA) is 53.2 Å². The molecule has 4 nitrogen and oxygen atoms in total. The fourth-order valence-electron chi connectivity index (χ4n) is 3.70. The van der Waals surface area contributed by atoms with E-state index in [4.69, 9.17) is 0 Å².